The SMILES string of the molecule is CC(C)c1nc(C(=O)NCCc2cccc(Cl)c2)n[nH]1. The van der Waals surface area contributed by atoms with Gasteiger partial charge in [0, 0.05) is 17.5 Å². The first-order chi connectivity index (χ1) is 9.56. The molecule has 6 heteroatoms. The van der Waals surface area contributed by atoms with Crippen LogP contribution in [0, 0.1) is 0 Å². The molecule has 1 aromatic heterocycles. The number of amides is 1. The van der Waals surface area contributed by atoms with E-state index in [0.29, 0.717) is 23.8 Å². The Labute approximate surface area is 122 Å². The number of halogens is 1. The van der Waals surface area contributed by atoms with Gasteiger partial charge in [-0.25, -0.2) is 4.98 Å². The van der Waals surface area contributed by atoms with Gasteiger partial charge in [0.1, 0.15) is 5.82 Å². The van der Waals surface area contributed by atoms with E-state index in [0.717, 1.165) is 5.56 Å². The van der Waals surface area contributed by atoms with E-state index < -0.39 is 0 Å². The van der Waals surface area contributed by atoms with E-state index in [1.807, 2.05) is 38.1 Å². The fraction of sp³-hybridized carbons (Fsp3) is 0.357. The van der Waals surface area contributed by atoms with Gasteiger partial charge in [-0.3, -0.25) is 9.89 Å². The highest BCUT2D eigenvalue weighted by molar-refractivity contribution is 6.30. The van der Waals surface area contributed by atoms with Gasteiger partial charge in [0.05, 0.1) is 0 Å². The summed E-state index contributed by atoms with van der Waals surface area (Å²) >= 11 is 5.90. The molecule has 0 bridgehead atoms. The Morgan fingerprint density at radius 1 is 1.45 bits per heavy atom. The van der Waals surface area contributed by atoms with E-state index in [1.165, 1.54) is 0 Å². The second-order valence-corrected chi connectivity index (χ2v) is 5.27. The zero-order chi connectivity index (χ0) is 14.5. The summed E-state index contributed by atoms with van der Waals surface area (Å²) in [7, 11) is 0. The monoisotopic (exact) mass is 292 g/mol. The topological polar surface area (TPSA) is 70.7 Å². The summed E-state index contributed by atoms with van der Waals surface area (Å²) < 4.78 is 0. The van der Waals surface area contributed by atoms with Gasteiger partial charge < -0.3 is 5.32 Å². The Bertz CT molecular complexity index is 594. The van der Waals surface area contributed by atoms with E-state index in [1.54, 1.807) is 0 Å². The van der Waals surface area contributed by atoms with Gasteiger partial charge >= 0.3 is 0 Å². The van der Waals surface area contributed by atoms with E-state index >= 15 is 0 Å². The van der Waals surface area contributed by atoms with Gasteiger partial charge in [0.15, 0.2) is 0 Å². The molecule has 2 aromatic rings. The highest BCUT2D eigenvalue weighted by atomic mass is 35.5. The van der Waals surface area contributed by atoms with Crippen molar-refractivity contribution in [1.82, 2.24) is 20.5 Å². The van der Waals surface area contributed by atoms with Crippen LogP contribution in [-0.4, -0.2) is 27.6 Å². The number of hydrogen-bond acceptors (Lipinski definition) is 3. The van der Waals surface area contributed by atoms with E-state index in [9.17, 15) is 4.79 Å². The predicted octanol–water partition coefficient (Wildman–Crippen LogP) is 2.55. The Kier molecular flexibility index (Phi) is 4.74. The molecule has 0 radical (unpaired) electrons. The largest absolute Gasteiger partial charge is 0.349 e. The van der Waals surface area contributed by atoms with Crippen LogP contribution in [0.5, 0.6) is 0 Å². The molecule has 106 valence electrons. The average molecular weight is 293 g/mol. The number of rotatable bonds is 5. The van der Waals surface area contributed by atoms with Crippen LogP contribution in [-0.2, 0) is 6.42 Å². The molecule has 0 unspecified atom stereocenters. The van der Waals surface area contributed by atoms with E-state index in [-0.39, 0.29) is 17.6 Å². The predicted molar refractivity (Wildman–Crippen MR) is 78.0 cm³/mol. The third kappa shape index (κ3) is 3.81. The maximum absolute atomic E-state index is 11.9. The lowest BCUT2D eigenvalue weighted by molar-refractivity contribution is 0.0944. The number of benzene rings is 1. The summed E-state index contributed by atoms with van der Waals surface area (Å²) in [6, 6.07) is 7.58. The summed E-state index contributed by atoms with van der Waals surface area (Å²) in [5.41, 5.74) is 1.08. The molecule has 0 aliphatic heterocycles. The van der Waals surface area contributed by atoms with Crippen LogP contribution in [0.25, 0.3) is 0 Å². The quantitative estimate of drug-likeness (QED) is 0.890. The minimum Gasteiger partial charge on any atom is -0.349 e. The molecule has 0 saturated heterocycles. The maximum atomic E-state index is 11.9. The van der Waals surface area contributed by atoms with Gasteiger partial charge in [-0.05, 0) is 24.1 Å². The molecule has 1 heterocycles. The lowest BCUT2D eigenvalue weighted by Crippen LogP contribution is -2.26. The second kappa shape index (κ2) is 6.52. The van der Waals surface area contributed by atoms with Crippen molar-refractivity contribution in [2.75, 3.05) is 6.54 Å². The number of carbonyl (C=O) groups excluding carboxylic acids is 1. The Hall–Kier alpha value is -1.88. The third-order valence-corrected chi connectivity index (χ3v) is 3.08. The number of aromatic nitrogens is 3. The number of nitrogens with one attached hydrogen (secondary N) is 2. The Morgan fingerprint density at radius 3 is 2.90 bits per heavy atom. The van der Waals surface area contributed by atoms with Gasteiger partial charge in [-0.2, -0.15) is 0 Å². The van der Waals surface area contributed by atoms with Crippen LogP contribution in [0.2, 0.25) is 5.02 Å². The lowest BCUT2D eigenvalue weighted by atomic mass is 10.1. The molecule has 0 aliphatic carbocycles. The summed E-state index contributed by atoms with van der Waals surface area (Å²) in [5, 5.41) is 10.2. The van der Waals surface area contributed by atoms with Crippen LogP contribution in [0.3, 0.4) is 0 Å². The van der Waals surface area contributed by atoms with Crippen molar-refractivity contribution in [2.24, 2.45) is 0 Å². The number of carbonyl (C=O) groups is 1. The molecule has 1 amide bonds. The highest BCUT2D eigenvalue weighted by Gasteiger charge is 2.13. The molecule has 2 N–H and O–H groups in total. The molecule has 0 atom stereocenters. The zero-order valence-electron chi connectivity index (χ0n) is 11.5. The maximum Gasteiger partial charge on any atom is 0.290 e. The molecule has 2 rings (SSSR count). The minimum absolute atomic E-state index is 0.180. The zero-order valence-corrected chi connectivity index (χ0v) is 12.2. The van der Waals surface area contributed by atoms with Crippen molar-refractivity contribution in [1.29, 1.82) is 0 Å². The molecule has 0 saturated carbocycles. The second-order valence-electron chi connectivity index (χ2n) is 4.83. The molecular formula is C14H17ClN4O. The fourth-order valence-corrected chi connectivity index (χ4v) is 1.94. The van der Waals surface area contributed by atoms with Crippen LogP contribution >= 0.6 is 11.6 Å². The summed E-state index contributed by atoms with van der Waals surface area (Å²) in [6.45, 7) is 4.49. The van der Waals surface area contributed by atoms with Crippen LogP contribution in [0.1, 0.15) is 41.8 Å². The smallest absolute Gasteiger partial charge is 0.290 e. The normalized spacial score (nSPS) is 10.8. The number of nitrogens with zero attached hydrogens (tertiary/aromatic N) is 2. The van der Waals surface area contributed by atoms with Crippen molar-refractivity contribution in [2.45, 2.75) is 26.2 Å². The number of aromatic amines is 1. The van der Waals surface area contributed by atoms with Gasteiger partial charge in [-0.15, -0.1) is 5.10 Å². The third-order valence-electron chi connectivity index (χ3n) is 2.84. The van der Waals surface area contributed by atoms with Crippen LogP contribution < -0.4 is 5.32 Å². The standard InChI is InChI=1S/C14H17ClN4O/c1-9(2)12-17-13(19-18-12)14(20)16-7-6-10-4-3-5-11(15)8-10/h3-5,8-9H,6-7H2,1-2H3,(H,16,20)(H,17,18,19). The molecule has 0 spiro atoms. The van der Waals surface area contributed by atoms with E-state index in [2.05, 4.69) is 20.5 Å². The summed E-state index contributed by atoms with van der Waals surface area (Å²) in [5.74, 6) is 0.843. The van der Waals surface area contributed by atoms with Crippen molar-refractivity contribution in [3.63, 3.8) is 0 Å². The molecule has 0 fully saturated rings. The molecule has 5 nitrogen and oxygen atoms in total. The fourth-order valence-electron chi connectivity index (χ4n) is 1.73. The highest BCUT2D eigenvalue weighted by Crippen LogP contribution is 2.11. The Morgan fingerprint density at radius 2 is 2.25 bits per heavy atom. The van der Waals surface area contributed by atoms with Crippen molar-refractivity contribution < 1.29 is 4.79 Å². The number of H-pyrrole nitrogens is 1. The first kappa shape index (κ1) is 14.5. The van der Waals surface area contributed by atoms with Gasteiger partial charge in [0.2, 0.25) is 5.82 Å². The minimum atomic E-state index is -0.268. The average Bonchev–Trinajstić information content (AvgIpc) is 2.88. The van der Waals surface area contributed by atoms with E-state index in [4.69, 9.17) is 11.6 Å². The van der Waals surface area contributed by atoms with Crippen molar-refractivity contribution in [3.05, 3.63) is 46.5 Å². The first-order valence-corrected chi connectivity index (χ1v) is 6.89. The molecule has 1 aromatic carbocycles. The molecular weight excluding hydrogens is 276 g/mol. The summed E-state index contributed by atoms with van der Waals surface area (Å²) in [6.07, 6.45) is 0.716. The first-order valence-electron chi connectivity index (χ1n) is 6.51. The lowest BCUT2D eigenvalue weighted by Gasteiger charge is -2.03. The van der Waals surface area contributed by atoms with Crippen molar-refractivity contribution >= 4 is 17.5 Å². The van der Waals surface area contributed by atoms with Gasteiger partial charge in [-0.1, -0.05) is 37.6 Å². The van der Waals surface area contributed by atoms with Crippen LogP contribution in [0.4, 0.5) is 0 Å². The summed E-state index contributed by atoms with van der Waals surface area (Å²) in [4.78, 5) is 16.0. The molecule has 20 heavy (non-hydrogen) atoms. The van der Waals surface area contributed by atoms with Gasteiger partial charge in [0.25, 0.3) is 5.91 Å². The van der Waals surface area contributed by atoms with Crippen LogP contribution in [0.15, 0.2) is 24.3 Å². The Balaban J connectivity index is 1.85. The van der Waals surface area contributed by atoms with Crippen molar-refractivity contribution in [3.8, 4) is 0 Å². The number of hydrogen-bond donors (Lipinski definition) is 2. The molecule has 0 aliphatic rings.